The molecule has 0 saturated carbocycles. The molecule has 2 rings (SSSR count). The summed E-state index contributed by atoms with van der Waals surface area (Å²) in [5, 5.41) is 2.79. The van der Waals surface area contributed by atoms with E-state index in [0.717, 1.165) is 11.8 Å². The fraction of sp³-hybridized carbons (Fsp3) is 0.235. The van der Waals surface area contributed by atoms with Crippen LogP contribution < -0.4 is 10.1 Å². The van der Waals surface area contributed by atoms with Gasteiger partial charge >= 0.3 is 6.61 Å². The van der Waals surface area contributed by atoms with Crippen molar-refractivity contribution >= 4 is 27.3 Å². The van der Waals surface area contributed by atoms with Crippen LogP contribution in [-0.2, 0) is 16.3 Å². The van der Waals surface area contributed by atoms with Crippen LogP contribution >= 0.6 is 11.6 Å². The van der Waals surface area contributed by atoms with E-state index in [1.807, 2.05) is 0 Å². The number of sulfone groups is 1. The lowest BCUT2D eigenvalue weighted by molar-refractivity contribution is -0.0498. The molecule has 0 heterocycles. The minimum absolute atomic E-state index is 0.00155. The number of halogens is 3. The predicted octanol–water partition coefficient (Wildman–Crippen LogP) is 3.32. The van der Waals surface area contributed by atoms with Gasteiger partial charge in [0.25, 0.3) is 5.91 Å². The van der Waals surface area contributed by atoms with Gasteiger partial charge in [0.05, 0.1) is 15.5 Å². The van der Waals surface area contributed by atoms with Crippen LogP contribution in [0.1, 0.15) is 15.9 Å². The number of carbonyl (C=O) groups is 1. The normalized spacial score (nSPS) is 11.4. The number of nitrogens with one attached hydrogen (secondary N) is 1. The number of hydrogen-bond donors (Lipinski definition) is 1. The summed E-state index contributed by atoms with van der Waals surface area (Å²) in [5.74, 6) is -0.449. The number of amides is 1. The molecule has 2 aromatic carbocycles. The van der Waals surface area contributed by atoms with Crippen LogP contribution in [-0.4, -0.2) is 33.7 Å². The summed E-state index contributed by atoms with van der Waals surface area (Å²) >= 11 is 5.97. The number of hydrogen-bond acceptors (Lipinski definition) is 4. The second kappa shape index (κ2) is 8.46. The van der Waals surface area contributed by atoms with Gasteiger partial charge in [0.2, 0.25) is 0 Å². The molecule has 0 fully saturated rings. The highest BCUT2D eigenvalue weighted by Crippen LogP contribution is 2.20. The molecule has 0 aromatic heterocycles. The van der Waals surface area contributed by atoms with E-state index in [1.165, 1.54) is 30.3 Å². The zero-order valence-corrected chi connectivity index (χ0v) is 15.3. The van der Waals surface area contributed by atoms with Crippen molar-refractivity contribution in [2.75, 3.05) is 12.8 Å². The van der Waals surface area contributed by atoms with Gasteiger partial charge in [-0.05, 0) is 42.3 Å². The number of carbonyl (C=O) groups excluding carboxylic acids is 1. The minimum Gasteiger partial charge on any atom is -0.435 e. The number of rotatable bonds is 7. The fourth-order valence-electron chi connectivity index (χ4n) is 2.16. The first kappa shape index (κ1) is 20.1. The van der Waals surface area contributed by atoms with Gasteiger partial charge < -0.3 is 10.1 Å². The van der Waals surface area contributed by atoms with Crippen LogP contribution in [0.25, 0.3) is 0 Å². The zero-order chi connectivity index (χ0) is 19.3. The third-order valence-corrected chi connectivity index (χ3v) is 4.90. The molecule has 0 bridgehead atoms. The molecule has 140 valence electrons. The molecule has 1 amide bonds. The molecule has 0 radical (unpaired) electrons. The van der Waals surface area contributed by atoms with Gasteiger partial charge in [0, 0.05) is 12.8 Å². The molecule has 26 heavy (non-hydrogen) atoms. The molecule has 0 saturated heterocycles. The number of alkyl halides is 2. The summed E-state index contributed by atoms with van der Waals surface area (Å²) in [4.78, 5) is 12.2. The molecule has 0 aliphatic rings. The number of ether oxygens (including phenoxy) is 1. The van der Waals surface area contributed by atoms with Crippen LogP contribution in [0.15, 0.2) is 47.4 Å². The van der Waals surface area contributed by atoms with Crippen molar-refractivity contribution in [3.05, 3.63) is 58.6 Å². The van der Waals surface area contributed by atoms with Crippen molar-refractivity contribution in [2.24, 2.45) is 0 Å². The van der Waals surface area contributed by atoms with Crippen LogP contribution in [0.3, 0.4) is 0 Å². The van der Waals surface area contributed by atoms with Crippen LogP contribution in [0, 0.1) is 0 Å². The Labute approximate surface area is 154 Å². The quantitative estimate of drug-likeness (QED) is 0.769. The molecular weight excluding hydrogens is 388 g/mol. The highest BCUT2D eigenvalue weighted by molar-refractivity contribution is 7.90. The second-order valence-corrected chi connectivity index (χ2v) is 7.87. The maximum atomic E-state index is 12.2. The lowest BCUT2D eigenvalue weighted by atomic mass is 10.1. The van der Waals surface area contributed by atoms with Crippen LogP contribution in [0.5, 0.6) is 5.75 Å². The third kappa shape index (κ3) is 5.67. The number of benzene rings is 2. The summed E-state index contributed by atoms with van der Waals surface area (Å²) in [7, 11) is -3.46. The van der Waals surface area contributed by atoms with Gasteiger partial charge in [0.15, 0.2) is 9.84 Å². The van der Waals surface area contributed by atoms with Gasteiger partial charge in [-0.3, -0.25) is 4.79 Å². The molecule has 0 aliphatic carbocycles. The van der Waals surface area contributed by atoms with E-state index in [9.17, 15) is 22.0 Å². The molecule has 0 spiro atoms. The molecule has 0 atom stereocenters. The monoisotopic (exact) mass is 403 g/mol. The smallest absolute Gasteiger partial charge is 0.387 e. The van der Waals surface area contributed by atoms with Crippen molar-refractivity contribution in [3.63, 3.8) is 0 Å². The van der Waals surface area contributed by atoms with Crippen molar-refractivity contribution in [1.82, 2.24) is 5.32 Å². The zero-order valence-electron chi connectivity index (χ0n) is 13.7. The maximum Gasteiger partial charge on any atom is 0.387 e. The van der Waals surface area contributed by atoms with Crippen molar-refractivity contribution in [2.45, 2.75) is 17.9 Å². The molecule has 2 aromatic rings. The third-order valence-electron chi connectivity index (χ3n) is 3.46. The van der Waals surface area contributed by atoms with E-state index in [1.54, 1.807) is 12.1 Å². The Hall–Kier alpha value is -2.19. The molecule has 9 heteroatoms. The van der Waals surface area contributed by atoms with Crippen LogP contribution in [0.2, 0.25) is 5.02 Å². The maximum absolute atomic E-state index is 12.2. The molecule has 1 N–H and O–H groups in total. The van der Waals surface area contributed by atoms with Gasteiger partial charge in [-0.1, -0.05) is 23.7 Å². The van der Waals surface area contributed by atoms with E-state index in [2.05, 4.69) is 10.1 Å². The Morgan fingerprint density at radius 3 is 2.42 bits per heavy atom. The Morgan fingerprint density at radius 1 is 1.19 bits per heavy atom. The molecule has 0 unspecified atom stereocenters. The summed E-state index contributed by atoms with van der Waals surface area (Å²) in [6.45, 7) is -2.62. The average molecular weight is 404 g/mol. The molecule has 5 nitrogen and oxygen atoms in total. The van der Waals surface area contributed by atoms with Crippen molar-refractivity contribution in [3.8, 4) is 5.75 Å². The largest absolute Gasteiger partial charge is 0.435 e. The van der Waals surface area contributed by atoms with Crippen molar-refractivity contribution < 1.29 is 26.7 Å². The first-order valence-corrected chi connectivity index (χ1v) is 9.75. The lowest BCUT2D eigenvalue weighted by Crippen LogP contribution is -2.26. The van der Waals surface area contributed by atoms with Crippen molar-refractivity contribution in [1.29, 1.82) is 0 Å². The summed E-state index contributed by atoms with van der Waals surface area (Å²) < 4.78 is 51.6. The Bertz CT molecular complexity index is 886. The summed E-state index contributed by atoms with van der Waals surface area (Å²) in [6, 6.07) is 9.96. The minimum atomic E-state index is -3.46. The van der Waals surface area contributed by atoms with E-state index >= 15 is 0 Å². The van der Waals surface area contributed by atoms with Gasteiger partial charge in [0.1, 0.15) is 5.75 Å². The van der Waals surface area contributed by atoms with E-state index in [0.29, 0.717) is 6.42 Å². The topological polar surface area (TPSA) is 72.5 Å². The van der Waals surface area contributed by atoms with Crippen LogP contribution in [0.4, 0.5) is 8.78 Å². The van der Waals surface area contributed by atoms with Gasteiger partial charge in [-0.25, -0.2) is 8.42 Å². The first-order chi connectivity index (χ1) is 12.2. The fourth-order valence-corrected chi connectivity index (χ4v) is 3.01. The molecule has 0 aliphatic heterocycles. The molecular formula is C17H16ClF2NO4S. The van der Waals surface area contributed by atoms with E-state index < -0.39 is 22.4 Å². The summed E-state index contributed by atoms with van der Waals surface area (Å²) in [5.41, 5.74) is 0.873. The SMILES string of the molecule is CS(=O)(=O)c1ccc(Cl)c(C(=O)NCCc2ccc(OC(F)F)cc2)c1. The summed E-state index contributed by atoms with van der Waals surface area (Å²) in [6.07, 6.45) is 1.49. The van der Waals surface area contributed by atoms with E-state index in [-0.39, 0.29) is 27.8 Å². The second-order valence-electron chi connectivity index (χ2n) is 5.44. The first-order valence-electron chi connectivity index (χ1n) is 7.48. The highest BCUT2D eigenvalue weighted by atomic mass is 35.5. The standard InChI is InChI=1S/C17H16ClF2NO4S/c1-26(23,24)13-6-7-15(18)14(10-13)16(22)21-9-8-11-2-4-12(5-3-11)25-17(19)20/h2-7,10,17H,8-9H2,1H3,(H,21,22). The van der Waals surface area contributed by atoms with E-state index in [4.69, 9.17) is 11.6 Å². The Kier molecular flexibility index (Phi) is 6.55. The Balaban J connectivity index is 1.97. The predicted molar refractivity (Wildman–Crippen MR) is 93.7 cm³/mol. The highest BCUT2D eigenvalue weighted by Gasteiger charge is 2.15. The average Bonchev–Trinajstić information content (AvgIpc) is 2.55. The van der Waals surface area contributed by atoms with Gasteiger partial charge in [-0.2, -0.15) is 8.78 Å². The lowest BCUT2D eigenvalue weighted by Gasteiger charge is -2.09. The Morgan fingerprint density at radius 2 is 1.85 bits per heavy atom. The van der Waals surface area contributed by atoms with Gasteiger partial charge in [-0.15, -0.1) is 0 Å².